The van der Waals surface area contributed by atoms with Crippen LogP contribution in [0.4, 0.5) is 30.7 Å². The molecule has 1 amide bonds. The van der Waals surface area contributed by atoms with Crippen LogP contribution >= 0.6 is 0 Å². The van der Waals surface area contributed by atoms with Crippen molar-refractivity contribution in [1.29, 1.82) is 0 Å². The molecule has 1 spiro atoms. The highest BCUT2D eigenvalue weighted by atomic mass is 19.4. The third kappa shape index (κ3) is 6.53. The summed E-state index contributed by atoms with van der Waals surface area (Å²) >= 11 is 0. The van der Waals surface area contributed by atoms with E-state index in [0.29, 0.717) is 30.7 Å². The van der Waals surface area contributed by atoms with Crippen molar-refractivity contribution in [3.8, 4) is 0 Å². The Labute approximate surface area is 239 Å². The van der Waals surface area contributed by atoms with Gasteiger partial charge in [0.2, 0.25) is 5.91 Å². The number of nitrogens with one attached hydrogen (secondary N) is 1. The van der Waals surface area contributed by atoms with Crippen molar-refractivity contribution in [1.82, 2.24) is 10.2 Å². The van der Waals surface area contributed by atoms with Crippen molar-refractivity contribution in [2.24, 2.45) is 0 Å². The fourth-order valence-electron chi connectivity index (χ4n) is 5.94. The molecule has 1 N–H and O–H groups in total. The SMILES string of the molecule is O=C(NCc1cc(C(F)(F)F)cc(C(F)(F)F)c1)C(CCN1CCC2(C=Cc3ccccc32)CC1)c1ccc(F)cc1. The zero-order valence-corrected chi connectivity index (χ0v) is 22.5. The molecule has 0 radical (unpaired) electrons. The Morgan fingerprint density at radius 1 is 0.881 bits per heavy atom. The van der Waals surface area contributed by atoms with Gasteiger partial charge >= 0.3 is 12.4 Å². The fourth-order valence-corrected chi connectivity index (χ4v) is 5.94. The lowest BCUT2D eigenvalue weighted by Crippen LogP contribution is -2.42. The number of fused-ring (bicyclic) bond motifs is 2. The van der Waals surface area contributed by atoms with Gasteiger partial charge in [-0.25, -0.2) is 4.39 Å². The van der Waals surface area contributed by atoms with Crippen LogP contribution in [0.1, 0.15) is 58.6 Å². The molecule has 3 nitrogen and oxygen atoms in total. The van der Waals surface area contributed by atoms with Crippen LogP contribution in [0.25, 0.3) is 6.08 Å². The van der Waals surface area contributed by atoms with Crippen molar-refractivity contribution in [2.45, 2.75) is 49.5 Å². The van der Waals surface area contributed by atoms with Gasteiger partial charge in [0, 0.05) is 12.0 Å². The molecule has 1 aliphatic carbocycles. The molecular formula is C32H29F7N2O. The van der Waals surface area contributed by atoms with Gasteiger partial charge in [0.15, 0.2) is 0 Å². The quantitative estimate of drug-likeness (QED) is 0.286. The summed E-state index contributed by atoms with van der Waals surface area (Å²) < 4.78 is 93.2. The van der Waals surface area contributed by atoms with Gasteiger partial charge < -0.3 is 10.2 Å². The Hall–Kier alpha value is -3.66. The molecule has 3 aromatic carbocycles. The van der Waals surface area contributed by atoms with Crippen LogP contribution in [0.5, 0.6) is 0 Å². The van der Waals surface area contributed by atoms with Crippen molar-refractivity contribution in [3.05, 3.63) is 112 Å². The van der Waals surface area contributed by atoms with Gasteiger partial charge in [-0.2, -0.15) is 26.3 Å². The number of halogens is 7. The molecule has 222 valence electrons. The number of benzene rings is 3. The summed E-state index contributed by atoms with van der Waals surface area (Å²) in [4.78, 5) is 15.5. The number of alkyl halides is 6. The Morgan fingerprint density at radius 3 is 2.12 bits per heavy atom. The van der Waals surface area contributed by atoms with Crippen LogP contribution in [0.3, 0.4) is 0 Å². The number of piperidine rings is 1. The lowest BCUT2D eigenvalue weighted by Gasteiger charge is -2.39. The molecule has 1 atom stereocenters. The average molecular weight is 591 g/mol. The number of likely N-dealkylation sites (tertiary alicyclic amines) is 1. The van der Waals surface area contributed by atoms with Gasteiger partial charge in [-0.1, -0.05) is 48.6 Å². The lowest BCUT2D eigenvalue weighted by atomic mass is 9.74. The molecule has 2 aliphatic rings. The fraction of sp³-hybridized carbons (Fsp3) is 0.344. The highest BCUT2D eigenvalue weighted by molar-refractivity contribution is 5.83. The topological polar surface area (TPSA) is 32.3 Å². The van der Waals surface area contributed by atoms with Crippen LogP contribution in [0.15, 0.2) is 72.8 Å². The number of hydrogen-bond acceptors (Lipinski definition) is 2. The number of rotatable bonds is 7. The molecular weight excluding hydrogens is 561 g/mol. The van der Waals surface area contributed by atoms with E-state index >= 15 is 0 Å². The number of allylic oxidation sites excluding steroid dienone is 1. The van der Waals surface area contributed by atoms with E-state index in [1.807, 2.05) is 12.1 Å². The molecule has 5 rings (SSSR count). The normalized spacial score (nSPS) is 17.3. The second kappa shape index (κ2) is 11.6. The van der Waals surface area contributed by atoms with E-state index in [1.54, 1.807) is 0 Å². The van der Waals surface area contributed by atoms with E-state index in [1.165, 1.54) is 35.4 Å². The first kappa shape index (κ1) is 29.8. The van der Waals surface area contributed by atoms with Crippen LogP contribution < -0.4 is 5.32 Å². The van der Waals surface area contributed by atoms with Crippen LogP contribution in [-0.2, 0) is 29.1 Å². The minimum Gasteiger partial charge on any atom is -0.351 e. The Morgan fingerprint density at radius 2 is 1.50 bits per heavy atom. The molecule has 0 saturated carbocycles. The van der Waals surface area contributed by atoms with E-state index in [9.17, 15) is 35.5 Å². The first-order valence-corrected chi connectivity index (χ1v) is 13.7. The third-order valence-electron chi connectivity index (χ3n) is 8.26. The maximum absolute atomic E-state index is 13.6. The second-order valence-electron chi connectivity index (χ2n) is 10.9. The van der Waals surface area contributed by atoms with Gasteiger partial charge in [-0.15, -0.1) is 0 Å². The van der Waals surface area contributed by atoms with E-state index in [0.717, 1.165) is 25.9 Å². The van der Waals surface area contributed by atoms with Crippen molar-refractivity contribution in [2.75, 3.05) is 19.6 Å². The summed E-state index contributed by atoms with van der Waals surface area (Å²) in [7, 11) is 0. The van der Waals surface area contributed by atoms with Crippen molar-refractivity contribution in [3.63, 3.8) is 0 Å². The maximum Gasteiger partial charge on any atom is 0.416 e. The molecule has 10 heteroatoms. The second-order valence-corrected chi connectivity index (χ2v) is 10.9. The molecule has 42 heavy (non-hydrogen) atoms. The molecule has 0 aromatic heterocycles. The van der Waals surface area contributed by atoms with Gasteiger partial charge in [-0.05, 0) is 91.5 Å². The zero-order valence-electron chi connectivity index (χ0n) is 22.5. The molecule has 1 heterocycles. The van der Waals surface area contributed by atoms with Gasteiger partial charge in [0.25, 0.3) is 0 Å². The largest absolute Gasteiger partial charge is 0.416 e. The highest BCUT2D eigenvalue weighted by Gasteiger charge is 2.39. The molecule has 1 fully saturated rings. The molecule has 1 saturated heterocycles. The number of carbonyl (C=O) groups excluding carboxylic acids is 1. The Bertz CT molecular complexity index is 1420. The minimum absolute atomic E-state index is 0.0129. The van der Waals surface area contributed by atoms with Crippen molar-refractivity contribution < 1.29 is 35.5 Å². The van der Waals surface area contributed by atoms with E-state index in [-0.39, 0.29) is 17.0 Å². The lowest BCUT2D eigenvalue weighted by molar-refractivity contribution is -0.143. The molecule has 3 aromatic rings. The predicted octanol–water partition coefficient (Wildman–Crippen LogP) is 7.71. The number of carbonyl (C=O) groups is 1. The first-order chi connectivity index (χ1) is 19.8. The van der Waals surface area contributed by atoms with Crippen molar-refractivity contribution >= 4 is 12.0 Å². The van der Waals surface area contributed by atoms with E-state index in [4.69, 9.17) is 0 Å². The maximum atomic E-state index is 13.6. The summed E-state index contributed by atoms with van der Waals surface area (Å²) in [5.41, 5.74) is -0.178. The van der Waals surface area contributed by atoms with Gasteiger partial charge in [-0.3, -0.25) is 4.79 Å². The Kier molecular flexibility index (Phi) is 8.20. The van der Waals surface area contributed by atoms with Crippen LogP contribution in [0, 0.1) is 5.82 Å². The van der Waals surface area contributed by atoms with Crippen LogP contribution in [-0.4, -0.2) is 30.4 Å². The summed E-state index contributed by atoms with van der Waals surface area (Å²) in [6.07, 6.45) is -3.40. The van der Waals surface area contributed by atoms with E-state index in [2.05, 4.69) is 34.5 Å². The highest BCUT2D eigenvalue weighted by Crippen LogP contribution is 2.43. The minimum atomic E-state index is -4.99. The summed E-state index contributed by atoms with van der Waals surface area (Å²) in [6, 6.07) is 14.9. The number of hydrogen-bond donors (Lipinski definition) is 1. The van der Waals surface area contributed by atoms with Gasteiger partial charge in [0.05, 0.1) is 17.0 Å². The molecule has 1 unspecified atom stereocenters. The standard InChI is InChI=1S/C32H29F7N2O/c33-26-7-5-22(6-8-26)27(10-14-41-15-12-30(13-16-41)11-9-23-3-1-2-4-28(23)30)29(42)40-20-21-17-24(31(34,35)36)19-25(18-21)32(37,38)39/h1-9,11,17-19,27H,10,12-16,20H2,(H,40,42). The van der Waals surface area contributed by atoms with Gasteiger partial charge in [0.1, 0.15) is 5.82 Å². The monoisotopic (exact) mass is 590 g/mol. The number of amides is 1. The van der Waals surface area contributed by atoms with Crippen LogP contribution in [0.2, 0.25) is 0 Å². The smallest absolute Gasteiger partial charge is 0.351 e. The zero-order chi connectivity index (χ0) is 30.1. The summed E-state index contributed by atoms with van der Waals surface area (Å²) in [6.45, 7) is 1.60. The molecule has 0 bridgehead atoms. The third-order valence-corrected chi connectivity index (χ3v) is 8.26. The average Bonchev–Trinajstić information content (AvgIpc) is 3.31. The molecule has 1 aliphatic heterocycles. The Balaban J connectivity index is 1.27. The summed E-state index contributed by atoms with van der Waals surface area (Å²) in [5.74, 6) is -1.83. The number of nitrogens with zero attached hydrogens (tertiary/aromatic N) is 1. The summed E-state index contributed by atoms with van der Waals surface area (Å²) in [5, 5.41) is 2.51. The van der Waals surface area contributed by atoms with E-state index < -0.39 is 47.7 Å². The predicted molar refractivity (Wildman–Crippen MR) is 145 cm³/mol. The first-order valence-electron chi connectivity index (χ1n) is 13.7.